The number of halogens is 1. The Balaban J connectivity index is 0.00000225. The van der Waals surface area contributed by atoms with E-state index in [9.17, 15) is 4.79 Å². The molecule has 0 atom stereocenters. The summed E-state index contributed by atoms with van der Waals surface area (Å²) in [4.78, 5) is 17.9. The number of aromatic nitrogens is 3. The molecule has 1 aliphatic heterocycles. The summed E-state index contributed by atoms with van der Waals surface area (Å²) in [7, 11) is 2.01. The van der Waals surface area contributed by atoms with E-state index in [-0.39, 0.29) is 18.3 Å². The van der Waals surface area contributed by atoms with Crippen molar-refractivity contribution < 1.29 is 4.79 Å². The molecule has 7 nitrogen and oxygen atoms in total. The number of piperazine rings is 1. The molecule has 1 saturated heterocycles. The average Bonchev–Trinajstić information content (AvgIpc) is 3.09. The molecule has 1 amide bonds. The quantitative estimate of drug-likeness (QED) is 0.826. The second kappa shape index (κ2) is 9.50. The van der Waals surface area contributed by atoms with Gasteiger partial charge in [0, 0.05) is 45.7 Å². The number of carbonyl (C=O) groups excluding carboxylic acids is 1. The highest BCUT2D eigenvalue weighted by Gasteiger charge is 2.16. The summed E-state index contributed by atoms with van der Waals surface area (Å²) >= 11 is 0. The minimum atomic E-state index is 0. The molecule has 2 heterocycles. The first-order chi connectivity index (χ1) is 11.7. The lowest BCUT2D eigenvalue weighted by atomic mass is 10.3. The van der Waals surface area contributed by atoms with Crippen LogP contribution in [0.25, 0.3) is 5.69 Å². The first kappa shape index (κ1) is 19.4. The maximum absolute atomic E-state index is 12.2. The topological polar surface area (TPSA) is 66.3 Å². The van der Waals surface area contributed by atoms with E-state index in [4.69, 9.17) is 0 Å². The number of nitrogens with zero attached hydrogens (tertiary/aromatic N) is 5. The van der Waals surface area contributed by atoms with Gasteiger partial charge in [0.1, 0.15) is 0 Å². The molecule has 136 valence electrons. The molecule has 0 saturated carbocycles. The summed E-state index contributed by atoms with van der Waals surface area (Å²) in [5, 5.41) is 12.1. The Morgan fingerprint density at radius 2 is 1.96 bits per heavy atom. The van der Waals surface area contributed by atoms with E-state index in [2.05, 4.69) is 20.4 Å². The van der Waals surface area contributed by atoms with Gasteiger partial charge in [0.2, 0.25) is 5.91 Å². The molecule has 25 heavy (non-hydrogen) atoms. The monoisotopic (exact) mass is 364 g/mol. The van der Waals surface area contributed by atoms with E-state index in [0.29, 0.717) is 13.0 Å². The van der Waals surface area contributed by atoms with Crippen molar-refractivity contribution in [2.45, 2.75) is 13.0 Å². The Labute approximate surface area is 154 Å². The van der Waals surface area contributed by atoms with Gasteiger partial charge in [-0.3, -0.25) is 9.69 Å². The van der Waals surface area contributed by atoms with Crippen LogP contribution in [0.1, 0.15) is 12.1 Å². The zero-order valence-corrected chi connectivity index (χ0v) is 15.3. The van der Waals surface area contributed by atoms with E-state index in [1.807, 2.05) is 42.3 Å². The number of carbonyl (C=O) groups is 1. The smallest absolute Gasteiger partial charge is 0.223 e. The van der Waals surface area contributed by atoms with Crippen LogP contribution in [-0.4, -0.2) is 70.5 Å². The van der Waals surface area contributed by atoms with Crippen molar-refractivity contribution >= 4 is 18.3 Å². The third-order valence-electron chi connectivity index (χ3n) is 4.14. The number of benzene rings is 1. The van der Waals surface area contributed by atoms with Crippen molar-refractivity contribution in [3.05, 3.63) is 42.2 Å². The first-order valence-corrected chi connectivity index (χ1v) is 8.36. The van der Waals surface area contributed by atoms with Gasteiger partial charge in [-0.25, -0.2) is 0 Å². The molecular weight excluding hydrogens is 340 g/mol. The number of rotatable bonds is 6. The van der Waals surface area contributed by atoms with Gasteiger partial charge in [0.05, 0.1) is 17.6 Å². The average molecular weight is 365 g/mol. The van der Waals surface area contributed by atoms with Crippen LogP contribution in [-0.2, 0) is 11.3 Å². The highest BCUT2D eigenvalue weighted by molar-refractivity contribution is 5.85. The van der Waals surface area contributed by atoms with Crippen LogP contribution in [0.5, 0.6) is 0 Å². The third-order valence-corrected chi connectivity index (χ3v) is 4.14. The number of para-hydroxylation sites is 1. The van der Waals surface area contributed by atoms with Crippen LogP contribution in [0.3, 0.4) is 0 Å². The van der Waals surface area contributed by atoms with Crippen LogP contribution in [0, 0.1) is 0 Å². The van der Waals surface area contributed by atoms with Crippen LogP contribution in [0.2, 0.25) is 0 Å². The van der Waals surface area contributed by atoms with Gasteiger partial charge in [0.25, 0.3) is 0 Å². The molecule has 0 radical (unpaired) electrons. The number of nitrogens with one attached hydrogen (secondary N) is 1. The van der Waals surface area contributed by atoms with Crippen molar-refractivity contribution in [2.75, 3.05) is 39.8 Å². The van der Waals surface area contributed by atoms with Gasteiger partial charge < -0.3 is 10.2 Å². The fourth-order valence-corrected chi connectivity index (χ4v) is 2.77. The molecule has 8 heteroatoms. The maximum Gasteiger partial charge on any atom is 0.223 e. The largest absolute Gasteiger partial charge is 0.340 e. The normalized spacial score (nSPS) is 14.4. The first-order valence-electron chi connectivity index (χ1n) is 8.36. The van der Waals surface area contributed by atoms with Gasteiger partial charge in [-0.15, -0.1) is 12.4 Å². The molecule has 1 aromatic heterocycles. The fraction of sp³-hybridized carbons (Fsp3) is 0.471. The zero-order valence-electron chi connectivity index (χ0n) is 14.5. The van der Waals surface area contributed by atoms with Gasteiger partial charge in [-0.1, -0.05) is 18.2 Å². The lowest BCUT2D eigenvalue weighted by Crippen LogP contribution is -2.47. The van der Waals surface area contributed by atoms with Crippen LogP contribution in [0.4, 0.5) is 0 Å². The Hall–Kier alpha value is -1.96. The van der Waals surface area contributed by atoms with Gasteiger partial charge in [-0.2, -0.15) is 15.0 Å². The van der Waals surface area contributed by atoms with Crippen LogP contribution >= 0.6 is 12.4 Å². The maximum atomic E-state index is 12.2. The molecular formula is C17H25ClN6O. The summed E-state index contributed by atoms with van der Waals surface area (Å²) in [5.41, 5.74) is 1.84. The number of hydrogen-bond donors (Lipinski definition) is 1. The molecule has 0 bridgehead atoms. The molecule has 1 aromatic carbocycles. The minimum absolute atomic E-state index is 0. The summed E-state index contributed by atoms with van der Waals surface area (Å²) in [6.07, 6.45) is 2.32. The standard InChI is InChI=1S/C17H24N6O.ClH/c1-21(10-7-17(24)22-11-8-18-9-12-22)14-15-13-19-23(20-15)16-5-3-2-4-6-16;/h2-6,13,18H,7-12,14H2,1H3;1H. The molecule has 1 fully saturated rings. The predicted molar refractivity (Wildman–Crippen MR) is 99.0 cm³/mol. The molecule has 0 unspecified atom stereocenters. The van der Waals surface area contributed by atoms with Crippen LogP contribution in [0.15, 0.2) is 36.5 Å². The lowest BCUT2D eigenvalue weighted by molar-refractivity contribution is -0.132. The van der Waals surface area contributed by atoms with Crippen LogP contribution < -0.4 is 5.32 Å². The molecule has 0 aliphatic carbocycles. The molecule has 1 N–H and O–H groups in total. The van der Waals surface area contributed by atoms with Gasteiger partial charge in [-0.05, 0) is 19.2 Å². The highest BCUT2D eigenvalue weighted by Crippen LogP contribution is 2.06. The van der Waals surface area contributed by atoms with E-state index >= 15 is 0 Å². The number of amides is 1. The second-order valence-corrected chi connectivity index (χ2v) is 6.08. The van der Waals surface area contributed by atoms with Gasteiger partial charge >= 0.3 is 0 Å². The Morgan fingerprint density at radius 3 is 2.68 bits per heavy atom. The number of hydrogen-bond acceptors (Lipinski definition) is 5. The Morgan fingerprint density at radius 1 is 1.24 bits per heavy atom. The summed E-state index contributed by atoms with van der Waals surface area (Å²) in [6, 6.07) is 9.84. The minimum Gasteiger partial charge on any atom is -0.340 e. The van der Waals surface area contributed by atoms with Crippen molar-refractivity contribution in [3.63, 3.8) is 0 Å². The van der Waals surface area contributed by atoms with Crippen molar-refractivity contribution in [3.8, 4) is 5.69 Å². The zero-order chi connectivity index (χ0) is 16.8. The van der Waals surface area contributed by atoms with Crippen molar-refractivity contribution in [2.24, 2.45) is 0 Å². The van der Waals surface area contributed by atoms with E-state index in [0.717, 1.165) is 44.1 Å². The van der Waals surface area contributed by atoms with Crippen molar-refractivity contribution in [1.82, 2.24) is 30.1 Å². The highest BCUT2D eigenvalue weighted by atomic mass is 35.5. The van der Waals surface area contributed by atoms with E-state index < -0.39 is 0 Å². The van der Waals surface area contributed by atoms with E-state index in [1.54, 1.807) is 11.0 Å². The molecule has 0 spiro atoms. The third kappa shape index (κ3) is 5.52. The Bertz CT molecular complexity index is 656. The van der Waals surface area contributed by atoms with E-state index in [1.165, 1.54) is 0 Å². The summed E-state index contributed by atoms with van der Waals surface area (Å²) < 4.78 is 0. The molecule has 3 rings (SSSR count). The Kier molecular flexibility index (Phi) is 7.36. The second-order valence-electron chi connectivity index (χ2n) is 6.08. The lowest BCUT2D eigenvalue weighted by Gasteiger charge is -2.28. The summed E-state index contributed by atoms with van der Waals surface area (Å²) in [5.74, 6) is 0.233. The predicted octanol–water partition coefficient (Wildman–Crippen LogP) is 0.943. The summed E-state index contributed by atoms with van der Waals surface area (Å²) in [6.45, 7) is 4.82. The SMILES string of the molecule is CN(CCC(=O)N1CCNCC1)Cc1cnn(-c2ccccc2)n1.Cl. The molecule has 1 aliphatic rings. The van der Waals surface area contributed by atoms with Gasteiger partial charge in [0.15, 0.2) is 0 Å². The fourth-order valence-electron chi connectivity index (χ4n) is 2.77. The molecule has 2 aromatic rings. The van der Waals surface area contributed by atoms with Crippen molar-refractivity contribution in [1.29, 1.82) is 0 Å².